The monoisotopic (exact) mass is 312 g/mol. The highest BCUT2D eigenvalue weighted by Gasteiger charge is 2.20. The molecule has 3 N–H and O–H groups in total. The first-order valence-corrected chi connectivity index (χ1v) is 8.18. The number of rotatable bonds is 6. The fourth-order valence-corrected chi connectivity index (χ4v) is 3.05. The molecule has 120 valence electrons. The molecule has 1 aliphatic heterocycles. The molecule has 1 atom stereocenters. The Morgan fingerprint density at radius 1 is 1.26 bits per heavy atom. The highest BCUT2D eigenvalue weighted by Crippen LogP contribution is 2.28. The molecule has 23 heavy (non-hydrogen) atoms. The van der Waals surface area contributed by atoms with Crippen LogP contribution >= 0.6 is 0 Å². The van der Waals surface area contributed by atoms with Gasteiger partial charge in [0.05, 0.1) is 5.69 Å². The van der Waals surface area contributed by atoms with Crippen LogP contribution in [0.5, 0.6) is 0 Å². The largest absolute Gasteiger partial charge is 0.327 e. The van der Waals surface area contributed by atoms with Crippen LogP contribution in [0, 0.1) is 5.82 Å². The van der Waals surface area contributed by atoms with E-state index >= 15 is 0 Å². The molecule has 1 fully saturated rings. The number of nitrogens with zero attached hydrogens (tertiary/aromatic N) is 1. The number of nitrogens with one attached hydrogen (secondary N) is 3. The van der Waals surface area contributed by atoms with Gasteiger partial charge in [-0.3, -0.25) is 0 Å². The van der Waals surface area contributed by atoms with Gasteiger partial charge >= 0.3 is 0 Å². The quantitative estimate of drug-likeness (QED) is 0.768. The molecule has 1 aromatic heterocycles. The van der Waals surface area contributed by atoms with Crippen molar-refractivity contribution in [1.82, 2.24) is 20.7 Å². The lowest BCUT2D eigenvalue weighted by atomic mass is 10.0. The second-order valence-corrected chi connectivity index (χ2v) is 6.17. The van der Waals surface area contributed by atoms with E-state index in [2.05, 4.69) is 20.7 Å². The number of hydrogen-bond donors (Lipinski definition) is 3. The number of hydrogen-bond acceptors (Lipinski definition) is 3. The maximum absolute atomic E-state index is 13.8. The van der Waals surface area contributed by atoms with E-state index in [0.717, 1.165) is 24.2 Å². The van der Waals surface area contributed by atoms with Crippen LogP contribution in [0.25, 0.3) is 11.3 Å². The molecule has 5 heteroatoms. The Kier molecular flexibility index (Phi) is 3.89. The molecule has 0 radical (unpaired) electrons. The van der Waals surface area contributed by atoms with Crippen molar-refractivity contribution in [3.05, 3.63) is 60.2 Å². The Morgan fingerprint density at radius 2 is 2.17 bits per heavy atom. The number of halogens is 1. The lowest BCUT2D eigenvalue weighted by Gasteiger charge is -2.18. The van der Waals surface area contributed by atoms with E-state index in [-0.39, 0.29) is 12.0 Å². The molecule has 1 aromatic carbocycles. The third-order valence-corrected chi connectivity index (χ3v) is 4.42. The molecule has 0 saturated heterocycles. The van der Waals surface area contributed by atoms with Crippen LogP contribution in [-0.2, 0) is 6.42 Å². The molecule has 1 saturated carbocycles. The summed E-state index contributed by atoms with van der Waals surface area (Å²) in [6, 6.07) is 9.85. The molecule has 4 nitrogen and oxygen atoms in total. The van der Waals surface area contributed by atoms with E-state index < -0.39 is 0 Å². The van der Waals surface area contributed by atoms with Crippen LogP contribution < -0.4 is 16.2 Å². The first kappa shape index (κ1) is 14.5. The SMILES string of the molecule is Fc1ccc(CCNC2CC2)c(-c2cccn2[C@H]2C=CNN2)c1. The van der Waals surface area contributed by atoms with Crippen molar-refractivity contribution in [2.24, 2.45) is 0 Å². The van der Waals surface area contributed by atoms with Gasteiger partial charge < -0.3 is 15.3 Å². The standard InChI is InChI=1S/C18H21FN4/c19-14-4-3-13(7-9-20-15-5-6-15)16(12-14)17-2-1-11-23(17)18-8-10-21-22-18/h1-4,8,10-12,15,18,20-22H,5-7,9H2/t18-/m0/s1. The number of hydrazine groups is 1. The van der Waals surface area contributed by atoms with Gasteiger partial charge in [-0.1, -0.05) is 6.07 Å². The second-order valence-electron chi connectivity index (χ2n) is 6.17. The Hall–Kier alpha value is -2.11. The van der Waals surface area contributed by atoms with Crippen LogP contribution in [0.2, 0.25) is 0 Å². The summed E-state index contributed by atoms with van der Waals surface area (Å²) in [5.74, 6) is -0.195. The van der Waals surface area contributed by atoms with Crippen molar-refractivity contribution in [1.29, 1.82) is 0 Å². The highest BCUT2D eigenvalue weighted by molar-refractivity contribution is 5.65. The van der Waals surface area contributed by atoms with E-state index in [4.69, 9.17) is 0 Å². The molecule has 0 bridgehead atoms. The molecule has 2 aliphatic rings. The molecule has 2 heterocycles. The van der Waals surface area contributed by atoms with Crippen LogP contribution in [0.3, 0.4) is 0 Å². The second kappa shape index (κ2) is 6.18. The molecule has 0 unspecified atom stereocenters. The molecule has 1 aliphatic carbocycles. The smallest absolute Gasteiger partial charge is 0.123 e. The van der Waals surface area contributed by atoms with Crippen LogP contribution in [-0.4, -0.2) is 17.2 Å². The third kappa shape index (κ3) is 3.16. The topological polar surface area (TPSA) is 41.0 Å². The maximum atomic E-state index is 13.8. The van der Waals surface area contributed by atoms with Gasteiger partial charge in [0.2, 0.25) is 0 Å². The van der Waals surface area contributed by atoms with Crippen molar-refractivity contribution >= 4 is 0 Å². The van der Waals surface area contributed by atoms with Gasteiger partial charge in [-0.15, -0.1) is 0 Å². The molecular weight excluding hydrogens is 291 g/mol. The first-order chi connectivity index (χ1) is 11.3. The molecule has 4 rings (SSSR count). The minimum absolute atomic E-state index is 0.0423. The van der Waals surface area contributed by atoms with Crippen LogP contribution in [0.1, 0.15) is 24.6 Å². The summed E-state index contributed by atoms with van der Waals surface area (Å²) in [6.45, 7) is 0.938. The fraction of sp³-hybridized carbons (Fsp3) is 0.333. The average molecular weight is 312 g/mol. The number of benzene rings is 1. The first-order valence-electron chi connectivity index (χ1n) is 8.18. The van der Waals surface area contributed by atoms with Crippen LogP contribution in [0.15, 0.2) is 48.8 Å². The van der Waals surface area contributed by atoms with Gasteiger partial charge in [-0.05, 0) is 61.7 Å². The van der Waals surface area contributed by atoms with E-state index in [1.165, 1.54) is 18.4 Å². The van der Waals surface area contributed by atoms with E-state index in [9.17, 15) is 4.39 Å². The van der Waals surface area contributed by atoms with Gasteiger partial charge in [0.15, 0.2) is 0 Å². The van der Waals surface area contributed by atoms with Gasteiger partial charge in [0.1, 0.15) is 12.0 Å². The molecule has 0 spiro atoms. The molecular formula is C18H21FN4. The zero-order valence-electron chi connectivity index (χ0n) is 12.9. The zero-order chi connectivity index (χ0) is 15.6. The fourth-order valence-electron chi connectivity index (χ4n) is 3.05. The predicted octanol–water partition coefficient (Wildman–Crippen LogP) is 2.71. The Bertz CT molecular complexity index is 718. The summed E-state index contributed by atoms with van der Waals surface area (Å²) in [7, 11) is 0. The summed E-state index contributed by atoms with van der Waals surface area (Å²) in [5.41, 5.74) is 9.32. The third-order valence-electron chi connectivity index (χ3n) is 4.42. The normalized spacial score (nSPS) is 20.0. The lowest BCUT2D eigenvalue weighted by molar-refractivity contribution is 0.485. The Labute approximate surface area is 135 Å². The van der Waals surface area contributed by atoms with Gasteiger partial charge in [-0.2, -0.15) is 0 Å². The summed E-state index contributed by atoms with van der Waals surface area (Å²) < 4.78 is 16.0. The lowest BCUT2D eigenvalue weighted by Crippen LogP contribution is -2.28. The van der Waals surface area contributed by atoms with E-state index in [1.54, 1.807) is 12.1 Å². The van der Waals surface area contributed by atoms with Crippen molar-refractivity contribution in [3.8, 4) is 11.3 Å². The molecule has 0 amide bonds. The maximum Gasteiger partial charge on any atom is 0.123 e. The van der Waals surface area contributed by atoms with Crippen molar-refractivity contribution < 1.29 is 4.39 Å². The van der Waals surface area contributed by atoms with Crippen molar-refractivity contribution in [3.63, 3.8) is 0 Å². The van der Waals surface area contributed by atoms with Crippen LogP contribution in [0.4, 0.5) is 4.39 Å². The zero-order valence-corrected chi connectivity index (χ0v) is 12.9. The summed E-state index contributed by atoms with van der Waals surface area (Å²) in [4.78, 5) is 0. The van der Waals surface area contributed by atoms with E-state index in [0.29, 0.717) is 6.04 Å². The minimum atomic E-state index is -0.195. The minimum Gasteiger partial charge on any atom is -0.327 e. The average Bonchev–Trinajstić information content (AvgIpc) is 3.04. The van der Waals surface area contributed by atoms with Gasteiger partial charge in [0, 0.05) is 24.0 Å². The Balaban J connectivity index is 1.62. The van der Waals surface area contributed by atoms with E-state index in [1.807, 2.05) is 36.7 Å². The molecule has 2 aromatic rings. The number of aromatic nitrogens is 1. The predicted molar refractivity (Wildman–Crippen MR) is 89.0 cm³/mol. The van der Waals surface area contributed by atoms with Crippen molar-refractivity contribution in [2.45, 2.75) is 31.5 Å². The summed E-state index contributed by atoms with van der Waals surface area (Å²) in [5, 5.41) is 3.53. The Morgan fingerprint density at radius 3 is 2.96 bits per heavy atom. The summed E-state index contributed by atoms with van der Waals surface area (Å²) >= 11 is 0. The van der Waals surface area contributed by atoms with Gasteiger partial charge in [-0.25, -0.2) is 9.82 Å². The summed E-state index contributed by atoms with van der Waals surface area (Å²) in [6.07, 6.45) is 9.45. The highest BCUT2D eigenvalue weighted by atomic mass is 19.1. The van der Waals surface area contributed by atoms with Gasteiger partial charge in [0.25, 0.3) is 0 Å². The van der Waals surface area contributed by atoms with Crippen molar-refractivity contribution in [2.75, 3.05) is 6.54 Å².